The Morgan fingerprint density at radius 1 is 1.00 bits per heavy atom. The van der Waals surface area contributed by atoms with Crippen molar-refractivity contribution in [2.75, 3.05) is 0 Å². The SMILES string of the molecule is Cc1oc(-c2ccccc2)nc1COc1ccc(C=CC=Cc2nn[nH]n2)cc1. The van der Waals surface area contributed by atoms with Gasteiger partial charge in [0, 0.05) is 5.56 Å². The van der Waals surface area contributed by atoms with Gasteiger partial charge >= 0.3 is 0 Å². The van der Waals surface area contributed by atoms with Crippen molar-refractivity contribution < 1.29 is 9.15 Å². The van der Waals surface area contributed by atoms with Gasteiger partial charge in [-0.1, -0.05) is 48.6 Å². The Bertz CT molecular complexity index is 1100. The van der Waals surface area contributed by atoms with Crippen molar-refractivity contribution >= 4 is 12.2 Å². The molecule has 2 heterocycles. The molecule has 0 aliphatic heterocycles. The molecule has 0 amide bonds. The van der Waals surface area contributed by atoms with Crippen molar-refractivity contribution in [1.82, 2.24) is 25.6 Å². The average Bonchev–Trinajstić information content (AvgIpc) is 3.41. The molecule has 1 N–H and O–H groups in total. The summed E-state index contributed by atoms with van der Waals surface area (Å²) in [5.41, 5.74) is 2.80. The Morgan fingerprint density at radius 3 is 2.55 bits per heavy atom. The summed E-state index contributed by atoms with van der Waals surface area (Å²) in [5, 5.41) is 13.6. The molecule has 0 atom stereocenters. The average molecular weight is 385 g/mol. The van der Waals surface area contributed by atoms with Crippen molar-refractivity contribution in [3.8, 4) is 17.2 Å². The van der Waals surface area contributed by atoms with Crippen LogP contribution in [0.15, 0.2) is 71.2 Å². The summed E-state index contributed by atoms with van der Waals surface area (Å²) < 4.78 is 11.6. The number of oxazole rings is 1. The van der Waals surface area contributed by atoms with Crippen molar-refractivity contribution in [3.05, 3.63) is 89.6 Å². The minimum absolute atomic E-state index is 0.352. The normalized spacial score (nSPS) is 11.5. The summed E-state index contributed by atoms with van der Waals surface area (Å²) in [5.74, 6) is 2.68. The van der Waals surface area contributed by atoms with Gasteiger partial charge in [0.05, 0.1) is 0 Å². The number of hydrogen-bond acceptors (Lipinski definition) is 6. The largest absolute Gasteiger partial charge is 0.487 e. The third-order valence-electron chi connectivity index (χ3n) is 4.18. The van der Waals surface area contributed by atoms with E-state index in [0.717, 1.165) is 28.3 Å². The summed E-state index contributed by atoms with van der Waals surface area (Å²) >= 11 is 0. The Kier molecular flexibility index (Phi) is 5.57. The molecule has 0 fully saturated rings. The number of tetrazole rings is 1. The second-order valence-electron chi connectivity index (χ2n) is 6.23. The van der Waals surface area contributed by atoms with Gasteiger partial charge in [0.1, 0.15) is 23.8 Å². The second kappa shape index (κ2) is 8.79. The Morgan fingerprint density at radius 2 is 1.79 bits per heavy atom. The minimum Gasteiger partial charge on any atom is -0.487 e. The predicted octanol–water partition coefficient (Wildman–Crippen LogP) is 4.47. The molecule has 2 aromatic carbocycles. The highest BCUT2D eigenvalue weighted by Crippen LogP contribution is 2.22. The van der Waals surface area contributed by atoms with E-state index in [-0.39, 0.29) is 0 Å². The van der Waals surface area contributed by atoms with E-state index in [1.807, 2.05) is 79.7 Å². The summed E-state index contributed by atoms with van der Waals surface area (Å²) in [6, 6.07) is 17.7. The summed E-state index contributed by atoms with van der Waals surface area (Å²) in [6.07, 6.45) is 7.51. The summed E-state index contributed by atoms with van der Waals surface area (Å²) in [7, 11) is 0. The van der Waals surface area contributed by atoms with Gasteiger partial charge in [-0.05, 0) is 48.0 Å². The van der Waals surface area contributed by atoms with Crippen molar-refractivity contribution in [3.63, 3.8) is 0 Å². The van der Waals surface area contributed by atoms with E-state index in [0.29, 0.717) is 18.3 Å². The number of allylic oxidation sites excluding steroid dienone is 2. The first-order valence-corrected chi connectivity index (χ1v) is 9.11. The molecule has 144 valence electrons. The number of rotatable bonds is 7. The van der Waals surface area contributed by atoms with Gasteiger partial charge in [-0.15, -0.1) is 10.2 Å². The predicted molar refractivity (Wildman–Crippen MR) is 110 cm³/mol. The van der Waals surface area contributed by atoms with Crippen LogP contribution in [0.2, 0.25) is 0 Å². The van der Waals surface area contributed by atoms with Gasteiger partial charge < -0.3 is 9.15 Å². The van der Waals surface area contributed by atoms with E-state index in [1.54, 1.807) is 6.08 Å². The first-order chi connectivity index (χ1) is 14.3. The quantitative estimate of drug-likeness (QED) is 0.472. The van der Waals surface area contributed by atoms with Crippen LogP contribution in [0, 0.1) is 6.92 Å². The molecule has 0 saturated carbocycles. The Balaban J connectivity index is 1.34. The lowest BCUT2D eigenvalue weighted by Gasteiger charge is -2.04. The van der Waals surface area contributed by atoms with Gasteiger partial charge in [0.15, 0.2) is 5.82 Å². The second-order valence-corrected chi connectivity index (χ2v) is 6.23. The maximum Gasteiger partial charge on any atom is 0.226 e. The van der Waals surface area contributed by atoms with Gasteiger partial charge in [0.2, 0.25) is 5.89 Å². The maximum absolute atomic E-state index is 5.86. The van der Waals surface area contributed by atoms with E-state index in [9.17, 15) is 0 Å². The van der Waals surface area contributed by atoms with E-state index in [2.05, 4.69) is 25.6 Å². The maximum atomic E-state index is 5.86. The number of nitrogens with one attached hydrogen (secondary N) is 1. The molecule has 0 aliphatic rings. The molecular weight excluding hydrogens is 366 g/mol. The van der Waals surface area contributed by atoms with E-state index in [4.69, 9.17) is 9.15 Å². The molecule has 0 spiro atoms. The van der Waals surface area contributed by atoms with Crippen LogP contribution in [0.3, 0.4) is 0 Å². The molecule has 0 bridgehead atoms. The van der Waals surface area contributed by atoms with Crippen molar-refractivity contribution in [2.24, 2.45) is 0 Å². The fourth-order valence-electron chi connectivity index (χ4n) is 2.64. The lowest BCUT2D eigenvalue weighted by atomic mass is 10.2. The first kappa shape index (κ1) is 18.4. The van der Waals surface area contributed by atoms with Gasteiger partial charge in [-0.3, -0.25) is 0 Å². The van der Waals surface area contributed by atoms with Crippen LogP contribution in [0.4, 0.5) is 0 Å². The topological polar surface area (TPSA) is 89.7 Å². The third-order valence-corrected chi connectivity index (χ3v) is 4.18. The number of ether oxygens (including phenoxy) is 1. The van der Waals surface area contributed by atoms with Crippen LogP contribution in [0.1, 0.15) is 22.8 Å². The molecule has 7 heteroatoms. The van der Waals surface area contributed by atoms with Crippen LogP contribution in [0.5, 0.6) is 5.75 Å². The number of aromatic nitrogens is 5. The van der Waals surface area contributed by atoms with Crippen molar-refractivity contribution in [1.29, 1.82) is 0 Å². The number of H-pyrrole nitrogens is 1. The highest BCUT2D eigenvalue weighted by molar-refractivity contribution is 5.55. The van der Waals surface area contributed by atoms with Crippen LogP contribution in [-0.2, 0) is 6.61 Å². The van der Waals surface area contributed by atoms with Gasteiger partial charge in [-0.25, -0.2) is 4.98 Å². The van der Waals surface area contributed by atoms with Crippen LogP contribution < -0.4 is 4.74 Å². The molecule has 29 heavy (non-hydrogen) atoms. The summed E-state index contributed by atoms with van der Waals surface area (Å²) in [4.78, 5) is 4.56. The first-order valence-electron chi connectivity index (χ1n) is 9.11. The molecule has 2 aromatic heterocycles. The molecule has 4 rings (SSSR count). The molecule has 7 nitrogen and oxygen atoms in total. The molecule has 4 aromatic rings. The standard InChI is InChI=1S/C22H19N5O2/c1-16-20(23-22(29-16)18-8-3-2-4-9-18)15-28-19-13-11-17(12-14-19)7-5-6-10-21-24-26-27-25-21/h2-14H,15H2,1H3,(H,24,25,26,27). The van der Waals surface area contributed by atoms with Crippen LogP contribution >= 0.6 is 0 Å². The van der Waals surface area contributed by atoms with E-state index >= 15 is 0 Å². The fourth-order valence-corrected chi connectivity index (χ4v) is 2.64. The van der Waals surface area contributed by atoms with Crippen LogP contribution in [0.25, 0.3) is 23.6 Å². The number of aromatic amines is 1. The molecule has 0 saturated heterocycles. The number of hydrogen-bond donors (Lipinski definition) is 1. The van der Waals surface area contributed by atoms with Gasteiger partial charge in [-0.2, -0.15) is 5.21 Å². The van der Waals surface area contributed by atoms with Gasteiger partial charge in [0.25, 0.3) is 0 Å². The minimum atomic E-state index is 0.352. The molecule has 0 radical (unpaired) electrons. The van der Waals surface area contributed by atoms with E-state index in [1.165, 1.54) is 0 Å². The summed E-state index contributed by atoms with van der Waals surface area (Å²) in [6.45, 7) is 2.25. The highest BCUT2D eigenvalue weighted by atomic mass is 16.5. The van der Waals surface area contributed by atoms with Crippen molar-refractivity contribution in [2.45, 2.75) is 13.5 Å². The highest BCUT2D eigenvalue weighted by Gasteiger charge is 2.11. The third kappa shape index (κ3) is 4.84. The monoisotopic (exact) mass is 385 g/mol. The zero-order chi connectivity index (χ0) is 19.9. The zero-order valence-corrected chi connectivity index (χ0v) is 15.8. The number of aryl methyl sites for hydroxylation is 1. The Labute approximate surface area is 167 Å². The molecule has 0 unspecified atom stereocenters. The fraction of sp³-hybridized carbons (Fsp3) is 0.0909. The van der Waals surface area contributed by atoms with E-state index < -0.39 is 0 Å². The molecular formula is C22H19N5O2. The van der Waals surface area contributed by atoms with Crippen LogP contribution in [-0.4, -0.2) is 25.6 Å². The lowest BCUT2D eigenvalue weighted by Crippen LogP contribution is -1.97. The molecule has 0 aliphatic carbocycles. The number of nitrogens with zero attached hydrogens (tertiary/aromatic N) is 4. The smallest absolute Gasteiger partial charge is 0.226 e. The number of benzene rings is 2. The lowest BCUT2D eigenvalue weighted by molar-refractivity contribution is 0.299. The Hall–Kier alpha value is -4.00. The zero-order valence-electron chi connectivity index (χ0n) is 15.8.